The van der Waals surface area contributed by atoms with Crippen LogP contribution in [0.5, 0.6) is 0 Å². The van der Waals surface area contributed by atoms with Gasteiger partial charge in [-0.1, -0.05) is 0 Å². The van der Waals surface area contributed by atoms with Crippen molar-refractivity contribution in [2.75, 3.05) is 13.7 Å². The fourth-order valence-electron chi connectivity index (χ4n) is 2.24. The van der Waals surface area contributed by atoms with Crippen LogP contribution < -0.4 is 0 Å². The third-order valence-electron chi connectivity index (χ3n) is 3.43. The smallest absolute Gasteiger partial charge is 0.306 e. The van der Waals surface area contributed by atoms with Crippen LogP contribution in [0.4, 0.5) is 0 Å². The first-order chi connectivity index (χ1) is 10.3. The second-order valence-corrected chi connectivity index (χ2v) is 4.92. The maximum Gasteiger partial charge on any atom is 0.306 e. The highest BCUT2D eigenvalue weighted by molar-refractivity contribution is 5.77. The molecule has 4 N–H and O–H groups in total. The average Bonchev–Trinajstić information content (AvgIpc) is 2.49. The van der Waals surface area contributed by atoms with Crippen LogP contribution in [-0.4, -0.2) is 82.7 Å². The standard InChI is InChI=1S/C13H22O9/c1-3-21-6(14)4-5-7(15)22-13-11(19)9(17)8(16)10(18)12(13)20-2/h8-13,16-19H,3-5H2,1-2H3. The van der Waals surface area contributed by atoms with Crippen LogP contribution in [0.15, 0.2) is 0 Å². The first-order valence-electron chi connectivity index (χ1n) is 6.93. The van der Waals surface area contributed by atoms with Crippen molar-refractivity contribution >= 4 is 11.9 Å². The molecule has 1 saturated carbocycles. The minimum Gasteiger partial charge on any atom is -0.466 e. The lowest BCUT2D eigenvalue weighted by Crippen LogP contribution is -2.65. The molecule has 0 heterocycles. The molecule has 0 amide bonds. The molecule has 6 unspecified atom stereocenters. The van der Waals surface area contributed by atoms with Gasteiger partial charge in [0.25, 0.3) is 0 Å². The highest BCUT2D eigenvalue weighted by Crippen LogP contribution is 2.26. The van der Waals surface area contributed by atoms with Crippen molar-refractivity contribution in [3.05, 3.63) is 0 Å². The monoisotopic (exact) mass is 322 g/mol. The van der Waals surface area contributed by atoms with E-state index in [-0.39, 0.29) is 19.4 Å². The predicted molar refractivity (Wildman–Crippen MR) is 70.6 cm³/mol. The van der Waals surface area contributed by atoms with Gasteiger partial charge in [0, 0.05) is 7.11 Å². The molecule has 1 rings (SSSR count). The molecule has 0 saturated heterocycles. The van der Waals surface area contributed by atoms with Gasteiger partial charge in [-0.15, -0.1) is 0 Å². The SMILES string of the molecule is CCOC(=O)CCC(=O)OC1C(O)C(O)C(O)C(O)C1OC. The van der Waals surface area contributed by atoms with Crippen molar-refractivity contribution in [1.29, 1.82) is 0 Å². The molecule has 9 heteroatoms. The number of hydrogen-bond acceptors (Lipinski definition) is 9. The molecule has 0 spiro atoms. The normalized spacial score (nSPS) is 35.0. The number of hydrogen-bond donors (Lipinski definition) is 4. The molecular weight excluding hydrogens is 300 g/mol. The van der Waals surface area contributed by atoms with Gasteiger partial charge in [0.15, 0.2) is 6.10 Å². The van der Waals surface area contributed by atoms with Crippen molar-refractivity contribution in [3.63, 3.8) is 0 Å². The van der Waals surface area contributed by atoms with E-state index < -0.39 is 48.6 Å². The largest absolute Gasteiger partial charge is 0.466 e. The minimum absolute atomic E-state index is 0.192. The van der Waals surface area contributed by atoms with Crippen molar-refractivity contribution in [2.45, 2.75) is 56.4 Å². The van der Waals surface area contributed by atoms with Gasteiger partial charge >= 0.3 is 11.9 Å². The fraction of sp³-hybridized carbons (Fsp3) is 0.846. The molecule has 9 nitrogen and oxygen atoms in total. The molecule has 0 aromatic heterocycles. The zero-order chi connectivity index (χ0) is 16.9. The Balaban J connectivity index is 2.64. The molecule has 0 aliphatic heterocycles. The maximum atomic E-state index is 11.7. The number of aliphatic hydroxyl groups is 4. The van der Waals surface area contributed by atoms with Gasteiger partial charge in [-0.25, -0.2) is 0 Å². The molecule has 0 aromatic carbocycles. The first-order valence-corrected chi connectivity index (χ1v) is 6.93. The average molecular weight is 322 g/mol. The Labute approximate surface area is 127 Å². The lowest BCUT2D eigenvalue weighted by Gasteiger charge is -2.42. The number of ether oxygens (including phenoxy) is 3. The lowest BCUT2D eigenvalue weighted by molar-refractivity contribution is -0.239. The van der Waals surface area contributed by atoms with E-state index in [9.17, 15) is 30.0 Å². The summed E-state index contributed by atoms with van der Waals surface area (Å²) in [4.78, 5) is 22.9. The lowest BCUT2D eigenvalue weighted by atomic mass is 9.84. The topological polar surface area (TPSA) is 143 Å². The van der Waals surface area contributed by atoms with Crippen molar-refractivity contribution < 1.29 is 44.2 Å². The first kappa shape index (κ1) is 18.8. The van der Waals surface area contributed by atoms with Gasteiger partial charge in [0.05, 0.1) is 19.4 Å². The Morgan fingerprint density at radius 3 is 1.86 bits per heavy atom. The van der Waals surface area contributed by atoms with Crippen LogP contribution in [0.1, 0.15) is 19.8 Å². The van der Waals surface area contributed by atoms with E-state index >= 15 is 0 Å². The summed E-state index contributed by atoms with van der Waals surface area (Å²) in [6.45, 7) is 1.82. The van der Waals surface area contributed by atoms with Gasteiger partial charge in [-0.2, -0.15) is 0 Å². The molecular formula is C13H22O9. The molecule has 1 aliphatic carbocycles. The van der Waals surface area contributed by atoms with E-state index in [1.165, 1.54) is 7.11 Å². The molecule has 0 radical (unpaired) electrons. The summed E-state index contributed by atoms with van der Waals surface area (Å²) in [5.41, 5.74) is 0. The van der Waals surface area contributed by atoms with Crippen molar-refractivity contribution in [2.24, 2.45) is 0 Å². The number of carbonyl (C=O) groups excluding carboxylic acids is 2. The third kappa shape index (κ3) is 4.37. The summed E-state index contributed by atoms with van der Waals surface area (Å²) in [5, 5.41) is 38.8. The predicted octanol–water partition coefficient (Wildman–Crippen LogP) is -2.29. The summed E-state index contributed by atoms with van der Waals surface area (Å²) in [7, 11) is 1.20. The van der Waals surface area contributed by atoms with Crippen LogP contribution in [-0.2, 0) is 23.8 Å². The van der Waals surface area contributed by atoms with Crippen LogP contribution in [0.25, 0.3) is 0 Å². The Kier molecular flexibility index (Phi) is 7.17. The Bertz CT molecular complexity index is 386. The highest BCUT2D eigenvalue weighted by atomic mass is 16.6. The summed E-state index contributed by atoms with van der Waals surface area (Å²) in [5.74, 6) is -1.39. The quantitative estimate of drug-likeness (QED) is 0.397. The van der Waals surface area contributed by atoms with Gasteiger partial charge in [0.2, 0.25) is 0 Å². The van der Waals surface area contributed by atoms with Crippen LogP contribution in [0.2, 0.25) is 0 Å². The number of carbonyl (C=O) groups is 2. The van der Waals surface area contributed by atoms with Crippen molar-refractivity contribution in [3.8, 4) is 0 Å². The second-order valence-electron chi connectivity index (χ2n) is 4.92. The second kappa shape index (κ2) is 8.39. The highest BCUT2D eigenvalue weighted by Gasteiger charge is 2.51. The minimum atomic E-state index is -1.69. The number of esters is 2. The molecule has 0 aromatic rings. The molecule has 22 heavy (non-hydrogen) atoms. The zero-order valence-electron chi connectivity index (χ0n) is 12.4. The maximum absolute atomic E-state index is 11.7. The Morgan fingerprint density at radius 2 is 1.36 bits per heavy atom. The summed E-state index contributed by atoms with van der Waals surface area (Å²) in [6, 6.07) is 0. The number of aliphatic hydroxyl groups excluding tert-OH is 4. The van der Waals surface area contributed by atoms with E-state index in [0.717, 1.165) is 0 Å². The third-order valence-corrected chi connectivity index (χ3v) is 3.43. The fourth-order valence-corrected chi connectivity index (χ4v) is 2.24. The van der Waals surface area contributed by atoms with E-state index in [2.05, 4.69) is 4.74 Å². The zero-order valence-corrected chi connectivity index (χ0v) is 12.4. The number of rotatable bonds is 6. The van der Waals surface area contributed by atoms with Crippen LogP contribution in [0.3, 0.4) is 0 Å². The summed E-state index contributed by atoms with van der Waals surface area (Å²) < 4.78 is 14.6. The summed E-state index contributed by atoms with van der Waals surface area (Å²) >= 11 is 0. The van der Waals surface area contributed by atoms with Gasteiger partial charge in [-0.05, 0) is 6.92 Å². The van der Waals surface area contributed by atoms with E-state index in [0.29, 0.717) is 0 Å². The molecule has 6 atom stereocenters. The summed E-state index contributed by atoms with van der Waals surface area (Å²) in [6.07, 6.45) is -9.54. The van der Waals surface area contributed by atoms with Gasteiger partial charge in [0.1, 0.15) is 30.5 Å². The van der Waals surface area contributed by atoms with Gasteiger partial charge in [-0.3, -0.25) is 9.59 Å². The van der Waals surface area contributed by atoms with Crippen molar-refractivity contribution in [1.82, 2.24) is 0 Å². The van der Waals surface area contributed by atoms with Crippen LogP contribution >= 0.6 is 0 Å². The molecule has 0 bridgehead atoms. The number of methoxy groups -OCH3 is 1. The van der Waals surface area contributed by atoms with E-state index in [4.69, 9.17) is 9.47 Å². The molecule has 1 aliphatic rings. The Hall–Kier alpha value is -1.26. The van der Waals surface area contributed by atoms with E-state index in [1.807, 2.05) is 0 Å². The van der Waals surface area contributed by atoms with E-state index in [1.54, 1.807) is 6.92 Å². The Morgan fingerprint density at radius 1 is 0.864 bits per heavy atom. The van der Waals surface area contributed by atoms with Crippen LogP contribution in [0, 0.1) is 0 Å². The molecule has 128 valence electrons. The molecule has 1 fully saturated rings. The van der Waals surface area contributed by atoms with Gasteiger partial charge < -0.3 is 34.6 Å².